The molecule has 54 valence electrons. The first-order chi connectivity index (χ1) is 4.00. The molecular formula is C4H7KO5. The number of carboxylic acids is 1. The molecule has 0 aliphatic carbocycles. The number of aliphatic carboxylic acids is 1. The van der Waals surface area contributed by atoms with Gasteiger partial charge in [-0.1, -0.05) is 6.92 Å². The largest absolute Gasteiger partial charge is 1.00 e. The summed E-state index contributed by atoms with van der Waals surface area (Å²) in [4.78, 5) is 17.8. The van der Waals surface area contributed by atoms with Gasteiger partial charge in [-0.15, -0.1) is 0 Å². The van der Waals surface area contributed by atoms with Crippen LogP contribution in [-0.4, -0.2) is 22.3 Å². The molecule has 0 aromatic carbocycles. The zero-order valence-electron chi connectivity index (χ0n) is 5.83. The summed E-state index contributed by atoms with van der Waals surface area (Å²) in [6.45, 7) is 1.60. The van der Waals surface area contributed by atoms with Crippen molar-refractivity contribution in [1.29, 1.82) is 0 Å². The Morgan fingerprint density at radius 2 is 1.50 bits per heavy atom. The average Bonchev–Trinajstić information content (AvgIpc) is 1.65. The van der Waals surface area contributed by atoms with Crippen LogP contribution in [0.3, 0.4) is 0 Å². The summed E-state index contributed by atoms with van der Waals surface area (Å²) < 4.78 is 0. The van der Waals surface area contributed by atoms with Gasteiger partial charge in [0, 0.05) is 6.42 Å². The fourth-order valence-electron chi connectivity index (χ4n) is 0. The molecule has 0 aromatic rings. The Balaban J connectivity index is -0.0000000910. The van der Waals surface area contributed by atoms with Gasteiger partial charge in [-0.3, -0.25) is 4.79 Å². The predicted molar refractivity (Wildman–Crippen MR) is 26.0 cm³/mol. The van der Waals surface area contributed by atoms with Crippen molar-refractivity contribution in [1.82, 2.24) is 0 Å². The molecule has 0 atom stereocenters. The summed E-state index contributed by atoms with van der Waals surface area (Å²) in [5.41, 5.74) is 0. The second kappa shape index (κ2) is 12.1. The van der Waals surface area contributed by atoms with Crippen LogP contribution in [0.4, 0.5) is 4.79 Å². The van der Waals surface area contributed by atoms with Crippen molar-refractivity contribution in [2.24, 2.45) is 0 Å². The molecule has 2 N–H and O–H groups in total. The van der Waals surface area contributed by atoms with Gasteiger partial charge in [0.25, 0.3) is 0 Å². The second-order valence-electron chi connectivity index (χ2n) is 1.01. The second-order valence-corrected chi connectivity index (χ2v) is 1.01. The van der Waals surface area contributed by atoms with E-state index in [1.54, 1.807) is 6.92 Å². The fourth-order valence-corrected chi connectivity index (χ4v) is 0. The Morgan fingerprint density at radius 1 is 1.40 bits per heavy atom. The van der Waals surface area contributed by atoms with E-state index >= 15 is 0 Å². The summed E-state index contributed by atoms with van der Waals surface area (Å²) in [5.74, 6) is -0.745. The Labute approximate surface area is 100 Å². The van der Waals surface area contributed by atoms with Gasteiger partial charge in [-0.05, 0) is 0 Å². The maximum Gasteiger partial charge on any atom is 1.00 e. The first kappa shape index (κ1) is 16.8. The van der Waals surface area contributed by atoms with Crippen molar-refractivity contribution in [2.45, 2.75) is 13.3 Å². The Kier molecular flexibility index (Phi) is 20.3. The molecule has 0 spiro atoms. The summed E-state index contributed by atoms with van der Waals surface area (Å²) in [7, 11) is 0. The average molecular weight is 174 g/mol. The number of hydrogen-bond donors (Lipinski definition) is 2. The van der Waals surface area contributed by atoms with Crippen molar-refractivity contribution >= 4 is 12.1 Å². The number of carbonyl (C=O) groups is 2. The van der Waals surface area contributed by atoms with Crippen LogP contribution in [0, 0.1) is 0 Å². The van der Waals surface area contributed by atoms with E-state index < -0.39 is 12.1 Å². The summed E-state index contributed by atoms with van der Waals surface area (Å²) in [6, 6.07) is 0. The molecule has 0 aliphatic rings. The first-order valence-corrected chi connectivity index (χ1v) is 2.12. The van der Waals surface area contributed by atoms with Crippen molar-refractivity contribution in [2.75, 3.05) is 0 Å². The molecule has 0 aliphatic heterocycles. The normalized spacial score (nSPS) is 6.10. The van der Waals surface area contributed by atoms with Crippen molar-refractivity contribution in [3.05, 3.63) is 0 Å². The number of carboxylic acid groups (broad SMARTS) is 3. The van der Waals surface area contributed by atoms with Crippen molar-refractivity contribution in [3.63, 3.8) is 0 Å². The van der Waals surface area contributed by atoms with Crippen LogP contribution in [0.15, 0.2) is 0 Å². The van der Waals surface area contributed by atoms with Crippen molar-refractivity contribution in [3.8, 4) is 0 Å². The standard InChI is InChI=1S/C3H6O2.CH2O3.K/c1-2-3(4)5;2-1(3)4;/h2H2,1H3,(H,4,5);(H2,2,3,4);/q;;+1/p-1. The van der Waals surface area contributed by atoms with Gasteiger partial charge < -0.3 is 20.1 Å². The third kappa shape index (κ3) is 80.7. The van der Waals surface area contributed by atoms with Crippen molar-refractivity contribution < 1.29 is 76.3 Å². The smallest absolute Gasteiger partial charge is 0.565 e. The van der Waals surface area contributed by atoms with Crippen LogP contribution in [0.25, 0.3) is 0 Å². The van der Waals surface area contributed by atoms with E-state index in [9.17, 15) is 4.79 Å². The molecule has 10 heavy (non-hydrogen) atoms. The molecule has 0 amide bonds. The van der Waals surface area contributed by atoms with Crippen LogP contribution in [0.5, 0.6) is 0 Å². The van der Waals surface area contributed by atoms with Gasteiger partial charge in [0.15, 0.2) is 0 Å². The molecule has 0 saturated carbocycles. The van der Waals surface area contributed by atoms with Crippen LogP contribution in [0.1, 0.15) is 13.3 Å². The van der Waals surface area contributed by atoms with E-state index in [4.69, 9.17) is 20.1 Å². The van der Waals surface area contributed by atoms with E-state index in [0.29, 0.717) is 0 Å². The Morgan fingerprint density at radius 3 is 1.50 bits per heavy atom. The molecule has 0 rings (SSSR count). The van der Waals surface area contributed by atoms with Gasteiger partial charge in [-0.25, -0.2) is 0 Å². The Hall–Kier alpha value is 0.376. The van der Waals surface area contributed by atoms with Crippen LogP contribution >= 0.6 is 0 Å². The van der Waals surface area contributed by atoms with Crippen LogP contribution < -0.4 is 56.5 Å². The van der Waals surface area contributed by atoms with E-state index in [2.05, 4.69) is 0 Å². The minimum Gasteiger partial charge on any atom is -0.565 e. The van der Waals surface area contributed by atoms with Gasteiger partial charge >= 0.3 is 57.4 Å². The molecule has 0 fully saturated rings. The topological polar surface area (TPSA) is 97.7 Å². The monoisotopic (exact) mass is 174 g/mol. The predicted octanol–water partition coefficient (Wildman–Crippen LogP) is -3.63. The number of hydrogen-bond acceptors (Lipinski definition) is 3. The quantitative estimate of drug-likeness (QED) is 0.400. The van der Waals surface area contributed by atoms with Gasteiger partial charge in [0.2, 0.25) is 6.16 Å². The molecule has 0 saturated heterocycles. The van der Waals surface area contributed by atoms with E-state index in [1.165, 1.54) is 0 Å². The molecule has 0 radical (unpaired) electrons. The minimum atomic E-state index is -2.08. The van der Waals surface area contributed by atoms with Gasteiger partial charge in [0.05, 0.1) is 0 Å². The van der Waals surface area contributed by atoms with E-state index in [0.717, 1.165) is 0 Å². The summed E-state index contributed by atoms with van der Waals surface area (Å²) in [5, 5.41) is 23.0. The third-order valence-electron chi connectivity index (χ3n) is 0.302. The third-order valence-corrected chi connectivity index (χ3v) is 0.302. The maximum absolute atomic E-state index is 9.37. The van der Waals surface area contributed by atoms with Crippen LogP contribution in [0.2, 0.25) is 0 Å². The molecule has 0 unspecified atom stereocenters. The van der Waals surface area contributed by atoms with Gasteiger partial charge in [-0.2, -0.15) is 0 Å². The molecule has 0 heterocycles. The van der Waals surface area contributed by atoms with E-state index in [-0.39, 0.29) is 57.8 Å². The van der Waals surface area contributed by atoms with Gasteiger partial charge in [0.1, 0.15) is 0 Å². The zero-order chi connectivity index (χ0) is 7.86. The molecular weight excluding hydrogens is 167 g/mol. The Bertz CT molecular complexity index is 97.8. The maximum atomic E-state index is 9.37. The zero-order valence-corrected chi connectivity index (χ0v) is 8.95. The molecule has 5 nitrogen and oxygen atoms in total. The molecule has 6 heteroatoms. The molecule has 0 aromatic heterocycles. The first-order valence-electron chi connectivity index (χ1n) is 2.12. The fraction of sp³-hybridized carbons (Fsp3) is 0.500. The summed E-state index contributed by atoms with van der Waals surface area (Å²) in [6.07, 6.45) is -1.86. The number of rotatable bonds is 1. The molecule has 0 bridgehead atoms. The SMILES string of the molecule is CCC(=O)O.O=C([O-])O.[K+]. The summed E-state index contributed by atoms with van der Waals surface area (Å²) >= 11 is 0. The van der Waals surface area contributed by atoms with E-state index in [1.807, 2.05) is 0 Å². The van der Waals surface area contributed by atoms with Crippen LogP contribution in [-0.2, 0) is 4.79 Å². The minimum absolute atomic E-state index is 0.